The zero-order valence-electron chi connectivity index (χ0n) is 14.8. The maximum absolute atomic E-state index is 5.54. The third kappa shape index (κ3) is 3.89. The summed E-state index contributed by atoms with van der Waals surface area (Å²) in [6.45, 7) is 7.09. The molecule has 1 N–H and O–H groups in total. The highest BCUT2D eigenvalue weighted by Crippen LogP contribution is 2.38. The summed E-state index contributed by atoms with van der Waals surface area (Å²) in [6, 6.07) is 2.80. The van der Waals surface area contributed by atoms with Gasteiger partial charge in [0.15, 0.2) is 0 Å². The van der Waals surface area contributed by atoms with Crippen molar-refractivity contribution in [3.05, 3.63) is 17.6 Å². The van der Waals surface area contributed by atoms with Gasteiger partial charge < -0.3 is 10.1 Å². The lowest BCUT2D eigenvalue weighted by atomic mass is 9.83. The van der Waals surface area contributed by atoms with Gasteiger partial charge in [0.1, 0.15) is 11.6 Å². The molecule has 1 aromatic heterocycles. The number of ether oxygens (including phenoxy) is 1. The molecular formula is C19H30N4O. The molecule has 2 heterocycles. The Balaban J connectivity index is 1.39. The first kappa shape index (κ1) is 16.3. The predicted molar refractivity (Wildman–Crippen MR) is 95.4 cm³/mol. The number of rotatable bonds is 5. The van der Waals surface area contributed by atoms with Crippen LogP contribution in [0.25, 0.3) is 0 Å². The van der Waals surface area contributed by atoms with E-state index in [1.807, 2.05) is 0 Å². The lowest BCUT2D eigenvalue weighted by Crippen LogP contribution is -2.49. The first-order valence-electron chi connectivity index (χ1n) is 9.71. The number of aromatic nitrogens is 2. The molecule has 5 heteroatoms. The van der Waals surface area contributed by atoms with Gasteiger partial charge in [-0.2, -0.15) is 0 Å². The smallest absolute Gasteiger partial charge is 0.134 e. The van der Waals surface area contributed by atoms with Crippen molar-refractivity contribution in [1.82, 2.24) is 14.9 Å². The van der Waals surface area contributed by atoms with E-state index in [0.29, 0.717) is 12.0 Å². The molecule has 5 nitrogen and oxygen atoms in total. The third-order valence-corrected chi connectivity index (χ3v) is 5.74. The van der Waals surface area contributed by atoms with Crippen molar-refractivity contribution in [3.8, 4) is 0 Å². The fraction of sp³-hybridized carbons (Fsp3) is 0.789. The lowest BCUT2D eigenvalue weighted by Gasteiger charge is -2.41. The van der Waals surface area contributed by atoms with Gasteiger partial charge in [-0.15, -0.1) is 0 Å². The van der Waals surface area contributed by atoms with Crippen LogP contribution in [-0.2, 0) is 4.74 Å². The van der Waals surface area contributed by atoms with Crippen LogP contribution in [0.2, 0.25) is 0 Å². The van der Waals surface area contributed by atoms with E-state index in [9.17, 15) is 0 Å². The Hall–Kier alpha value is -1.20. The van der Waals surface area contributed by atoms with E-state index < -0.39 is 0 Å². The lowest BCUT2D eigenvalue weighted by molar-refractivity contribution is -0.00541. The van der Waals surface area contributed by atoms with Crippen LogP contribution in [0.3, 0.4) is 0 Å². The fourth-order valence-electron chi connectivity index (χ4n) is 4.26. The summed E-state index contributed by atoms with van der Waals surface area (Å²) in [6.07, 6.45) is 7.91. The summed E-state index contributed by atoms with van der Waals surface area (Å²) >= 11 is 0. The van der Waals surface area contributed by atoms with E-state index in [4.69, 9.17) is 9.72 Å². The number of nitrogens with one attached hydrogen (secondary N) is 1. The van der Waals surface area contributed by atoms with E-state index in [1.54, 1.807) is 0 Å². The van der Waals surface area contributed by atoms with Gasteiger partial charge in [-0.1, -0.05) is 12.8 Å². The molecule has 2 saturated carbocycles. The molecular weight excluding hydrogens is 300 g/mol. The van der Waals surface area contributed by atoms with Crippen molar-refractivity contribution >= 4 is 5.82 Å². The molecule has 1 aromatic rings. The predicted octanol–water partition coefficient (Wildman–Crippen LogP) is 2.97. The van der Waals surface area contributed by atoms with Crippen molar-refractivity contribution in [1.29, 1.82) is 0 Å². The molecule has 0 spiro atoms. The minimum absolute atomic E-state index is 0.612. The van der Waals surface area contributed by atoms with Gasteiger partial charge in [-0.3, -0.25) is 4.90 Å². The molecule has 4 rings (SSSR count). The topological polar surface area (TPSA) is 50.3 Å². The second kappa shape index (κ2) is 7.36. The summed E-state index contributed by atoms with van der Waals surface area (Å²) in [5, 5.41) is 3.64. The van der Waals surface area contributed by atoms with Crippen LogP contribution in [0, 0.1) is 12.8 Å². The number of nitrogens with zero attached hydrogens (tertiary/aromatic N) is 3. The average molecular weight is 330 g/mol. The summed E-state index contributed by atoms with van der Waals surface area (Å²) in [5.74, 6) is 3.40. The Bertz CT molecular complexity index is 554. The van der Waals surface area contributed by atoms with Crippen molar-refractivity contribution < 1.29 is 4.74 Å². The highest BCUT2D eigenvalue weighted by atomic mass is 16.5. The Kier molecular flexibility index (Phi) is 4.99. The van der Waals surface area contributed by atoms with Crippen molar-refractivity contribution in [3.63, 3.8) is 0 Å². The van der Waals surface area contributed by atoms with Crippen molar-refractivity contribution in [2.75, 3.05) is 38.2 Å². The average Bonchev–Trinajstić information content (AvgIpc) is 3.46. The first-order valence-corrected chi connectivity index (χ1v) is 9.71. The second-order valence-corrected chi connectivity index (χ2v) is 7.67. The number of morpholine rings is 1. The minimum Gasteiger partial charge on any atom is -0.379 e. The first-order chi connectivity index (χ1) is 11.8. The number of hydrogen-bond acceptors (Lipinski definition) is 5. The second-order valence-electron chi connectivity index (χ2n) is 7.67. The van der Waals surface area contributed by atoms with Gasteiger partial charge in [-0.25, -0.2) is 9.97 Å². The molecule has 0 amide bonds. The van der Waals surface area contributed by atoms with Gasteiger partial charge >= 0.3 is 0 Å². The van der Waals surface area contributed by atoms with Crippen LogP contribution in [0.4, 0.5) is 5.82 Å². The van der Waals surface area contributed by atoms with Crippen LogP contribution in [0.1, 0.15) is 56.0 Å². The van der Waals surface area contributed by atoms with Gasteiger partial charge in [0.25, 0.3) is 0 Å². The third-order valence-electron chi connectivity index (χ3n) is 5.74. The summed E-state index contributed by atoms with van der Waals surface area (Å²) in [4.78, 5) is 12.0. The minimum atomic E-state index is 0.612. The van der Waals surface area contributed by atoms with Crippen LogP contribution >= 0.6 is 0 Å². The van der Waals surface area contributed by atoms with E-state index in [2.05, 4.69) is 28.2 Å². The molecule has 2 aliphatic carbocycles. The zero-order valence-corrected chi connectivity index (χ0v) is 14.8. The maximum atomic E-state index is 5.54. The highest BCUT2D eigenvalue weighted by molar-refractivity contribution is 5.37. The largest absolute Gasteiger partial charge is 0.379 e. The Labute approximate surface area is 145 Å². The maximum Gasteiger partial charge on any atom is 0.134 e. The van der Waals surface area contributed by atoms with E-state index in [-0.39, 0.29) is 0 Å². The number of aryl methyl sites for hydroxylation is 1. The van der Waals surface area contributed by atoms with Crippen LogP contribution in [-0.4, -0.2) is 53.8 Å². The zero-order chi connectivity index (χ0) is 16.4. The number of hydrogen-bond donors (Lipinski definition) is 1. The van der Waals surface area contributed by atoms with Gasteiger partial charge in [0.05, 0.1) is 13.2 Å². The molecule has 2 atom stereocenters. The van der Waals surface area contributed by atoms with E-state index >= 15 is 0 Å². The van der Waals surface area contributed by atoms with E-state index in [1.165, 1.54) is 38.5 Å². The Morgan fingerprint density at radius 3 is 2.71 bits per heavy atom. The molecule has 0 bridgehead atoms. The SMILES string of the molecule is Cc1cc(NC[C@@H]2CCCC[C@@H]2N2CCOCC2)nc(C2CC2)n1. The molecule has 0 unspecified atom stereocenters. The standard InChI is InChI=1S/C19H30N4O/c1-14-12-18(22-19(21-14)15-6-7-15)20-13-16-4-2-3-5-17(16)23-8-10-24-11-9-23/h12,15-17H,2-11,13H2,1H3,(H,20,21,22)/t16-,17-/m0/s1. The van der Waals surface area contributed by atoms with Crippen LogP contribution in [0.5, 0.6) is 0 Å². The fourth-order valence-corrected chi connectivity index (χ4v) is 4.26. The van der Waals surface area contributed by atoms with Gasteiger partial charge in [0.2, 0.25) is 0 Å². The molecule has 0 radical (unpaired) electrons. The summed E-state index contributed by atoms with van der Waals surface area (Å²) in [7, 11) is 0. The molecule has 24 heavy (non-hydrogen) atoms. The van der Waals surface area contributed by atoms with Crippen molar-refractivity contribution in [2.24, 2.45) is 5.92 Å². The molecule has 0 aromatic carbocycles. The van der Waals surface area contributed by atoms with Crippen LogP contribution in [0.15, 0.2) is 6.07 Å². The quantitative estimate of drug-likeness (QED) is 0.899. The Morgan fingerprint density at radius 2 is 1.92 bits per heavy atom. The number of anilines is 1. The summed E-state index contributed by atoms with van der Waals surface area (Å²) < 4.78 is 5.54. The van der Waals surface area contributed by atoms with Crippen molar-refractivity contribution in [2.45, 2.75) is 57.4 Å². The molecule has 3 aliphatic rings. The molecule has 1 saturated heterocycles. The van der Waals surface area contributed by atoms with Gasteiger partial charge in [-0.05, 0) is 38.5 Å². The Morgan fingerprint density at radius 1 is 1.12 bits per heavy atom. The van der Waals surface area contributed by atoms with E-state index in [0.717, 1.165) is 56.1 Å². The molecule has 1 aliphatic heterocycles. The monoisotopic (exact) mass is 330 g/mol. The normalized spacial score (nSPS) is 28.7. The van der Waals surface area contributed by atoms with Crippen LogP contribution < -0.4 is 5.32 Å². The molecule has 3 fully saturated rings. The molecule has 132 valence electrons. The summed E-state index contributed by atoms with van der Waals surface area (Å²) in [5.41, 5.74) is 1.09. The highest BCUT2D eigenvalue weighted by Gasteiger charge is 2.31. The van der Waals surface area contributed by atoms with Gasteiger partial charge in [0, 0.05) is 43.4 Å².